The van der Waals surface area contributed by atoms with Crippen LogP contribution in [-0.2, 0) is 15.1 Å². The molecule has 3 fully saturated rings. The maximum absolute atomic E-state index is 9.77. The van der Waals surface area contributed by atoms with Gasteiger partial charge in [-0.25, -0.2) is 0 Å². The number of pyridine rings is 1. The molecule has 0 unspecified atom stereocenters. The van der Waals surface area contributed by atoms with Crippen molar-refractivity contribution in [2.75, 3.05) is 13.1 Å². The number of aromatic nitrogens is 1. The van der Waals surface area contributed by atoms with Crippen molar-refractivity contribution in [1.29, 1.82) is 0 Å². The van der Waals surface area contributed by atoms with Crippen molar-refractivity contribution >= 4 is 33.1 Å². The number of nitrogens with zero attached hydrogens (tertiary/aromatic N) is 3. The number of hydrogen-bond donors (Lipinski definition) is 2. The molecule has 0 aromatic carbocycles. The summed E-state index contributed by atoms with van der Waals surface area (Å²) in [5.41, 5.74) is 4.34. The zero-order valence-corrected chi connectivity index (χ0v) is 16.1. The van der Waals surface area contributed by atoms with Crippen LogP contribution >= 0.6 is 22.3 Å². The Morgan fingerprint density at radius 3 is 2.42 bits per heavy atom. The molecule has 0 radical (unpaired) electrons. The van der Waals surface area contributed by atoms with E-state index in [2.05, 4.69) is 40.6 Å². The average Bonchev–Trinajstić information content (AvgIpc) is 2.95. The third-order valence-electron chi connectivity index (χ3n) is 4.74. The van der Waals surface area contributed by atoms with Gasteiger partial charge in [0, 0.05) is 30.0 Å². The van der Waals surface area contributed by atoms with Gasteiger partial charge in [0.1, 0.15) is 5.71 Å². The van der Waals surface area contributed by atoms with Gasteiger partial charge in [-0.05, 0) is 62.7 Å². The van der Waals surface area contributed by atoms with Gasteiger partial charge in [-0.3, -0.25) is 10.6 Å². The number of halogens is 1. The second-order valence-corrected chi connectivity index (χ2v) is 6.72. The summed E-state index contributed by atoms with van der Waals surface area (Å²) in [5.74, 6) is 1.55. The molecule has 8 heteroatoms. The van der Waals surface area contributed by atoms with E-state index in [9.17, 15) is 5.21 Å². The number of hydrogen-bond acceptors (Lipinski definition) is 3. The van der Waals surface area contributed by atoms with Gasteiger partial charge in [0.15, 0.2) is 5.11 Å². The van der Waals surface area contributed by atoms with E-state index in [0.717, 1.165) is 29.7 Å². The van der Waals surface area contributed by atoms with Crippen molar-refractivity contribution < 1.29 is 25.0 Å². The van der Waals surface area contributed by atoms with Crippen LogP contribution in [0.4, 0.5) is 0 Å². The van der Waals surface area contributed by atoms with Crippen LogP contribution in [0.25, 0.3) is 0 Å². The fourth-order valence-electron chi connectivity index (χ4n) is 3.44. The van der Waals surface area contributed by atoms with Gasteiger partial charge in [0.05, 0.1) is 0 Å². The fraction of sp³-hybridized carbons (Fsp3) is 0.562. The summed E-state index contributed by atoms with van der Waals surface area (Å²) in [7, 11) is 4.20. The van der Waals surface area contributed by atoms with E-state index in [1.807, 2.05) is 19.1 Å². The molecule has 1 saturated carbocycles. The van der Waals surface area contributed by atoms with Gasteiger partial charge in [0.25, 0.3) is 5.69 Å². The van der Waals surface area contributed by atoms with Crippen LogP contribution in [0, 0.1) is 11.8 Å². The monoisotopic (exact) mass is 417 g/mol. The standard InChI is InChI=1S/C16H22N4OS.ClH.Cu/c1-12(15-4-2-3-9-20(15)21)17-18-16(22)19-10-13-5-6-14(11-19)8-7-13;;/h2-4,9,13-14,21H,5-8,10-11H2,1H3;1H;/q;;+1. The number of rotatable bonds is 2. The molecule has 1 aromatic heterocycles. The molecule has 2 aliphatic heterocycles. The summed E-state index contributed by atoms with van der Waals surface area (Å²) < 4.78 is 1.07. The minimum absolute atomic E-state index is 0.647. The first-order valence-electron chi connectivity index (χ1n) is 8.04. The molecule has 4 rings (SSSR count). The van der Waals surface area contributed by atoms with Crippen LogP contribution in [-0.4, -0.2) is 34.0 Å². The van der Waals surface area contributed by atoms with E-state index in [1.165, 1.54) is 25.7 Å². The Hall–Kier alpha value is -0.881. The number of thiocarbonyl (C=S) groups is 1. The number of nitrogens with one attached hydrogen (secondary N) is 1. The minimum atomic E-state index is 0.647. The summed E-state index contributed by atoms with van der Waals surface area (Å²) >= 11 is 9.17. The van der Waals surface area contributed by atoms with Crippen molar-refractivity contribution in [3.8, 4) is 0 Å². The molecule has 136 valence electrons. The van der Waals surface area contributed by atoms with Gasteiger partial charge in [-0.2, -0.15) is 5.10 Å². The number of hydrazone groups is 1. The van der Waals surface area contributed by atoms with Crippen LogP contribution in [0.1, 0.15) is 38.3 Å². The first kappa shape index (κ1) is 19.4. The van der Waals surface area contributed by atoms with Crippen LogP contribution in [0.2, 0.25) is 0 Å². The molecule has 1 aliphatic carbocycles. The summed E-state index contributed by atoms with van der Waals surface area (Å²) in [4.78, 5) is 2.26. The van der Waals surface area contributed by atoms with E-state index in [-0.39, 0.29) is 0 Å². The molecule has 5 nitrogen and oxygen atoms in total. The molecule has 0 spiro atoms. The van der Waals surface area contributed by atoms with Crippen molar-refractivity contribution in [2.24, 2.45) is 16.9 Å². The Balaban J connectivity index is 0.00000100. The zero-order valence-electron chi connectivity index (χ0n) is 13.6. The van der Waals surface area contributed by atoms with E-state index >= 15 is 0 Å². The van der Waals surface area contributed by atoms with E-state index in [0.29, 0.717) is 16.5 Å². The Bertz CT molecular complexity index is 579. The summed E-state index contributed by atoms with van der Waals surface area (Å²) in [6.07, 6.45) is 6.92. The second kappa shape index (κ2) is 9.56. The molecule has 2 N–H and O–H groups in total. The average molecular weight is 418 g/mol. The Morgan fingerprint density at radius 1 is 1.29 bits per heavy atom. The van der Waals surface area contributed by atoms with Crippen molar-refractivity contribution in [1.82, 2.24) is 10.3 Å². The van der Waals surface area contributed by atoms with Gasteiger partial charge in [-0.1, -0.05) is 0 Å². The van der Waals surface area contributed by atoms with Gasteiger partial charge >= 0.3 is 25.2 Å². The van der Waals surface area contributed by atoms with Crippen LogP contribution in [0.3, 0.4) is 0 Å². The Kier molecular flexibility index (Phi) is 7.75. The van der Waals surface area contributed by atoms with E-state index < -0.39 is 0 Å². The molecular formula is C16H23ClCuN4OS+. The fourth-order valence-corrected chi connectivity index (χ4v) is 3.64. The summed E-state index contributed by atoms with van der Waals surface area (Å²) in [6, 6.07) is 5.45. The van der Waals surface area contributed by atoms with Crippen molar-refractivity contribution in [2.45, 2.75) is 32.6 Å². The summed E-state index contributed by atoms with van der Waals surface area (Å²) in [5, 5.41) is 14.8. The van der Waals surface area contributed by atoms with Crippen molar-refractivity contribution in [3.05, 3.63) is 30.1 Å². The molecule has 3 heterocycles. The van der Waals surface area contributed by atoms with Crippen molar-refractivity contribution in [3.63, 3.8) is 0 Å². The molecule has 2 bridgehead atoms. The molecule has 1 aromatic rings. The van der Waals surface area contributed by atoms with Gasteiger partial charge < -0.3 is 4.90 Å². The molecule has 0 atom stereocenters. The predicted octanol–water partition coefficient (Wildman–Crippen LogP) is 2.62. The topological polar surface area (TPSA) is 51.7 Å². The van der Waals surface area contributed by atoms with Gasteiger partial charge in [-0.15, -0.1) is 0 Å². The van der Waals surface area contributed by atoms with E-state index in [4.69, 9.17) is 12.2 Å². The molecular weight excluding hydrogens is 395 g/mol. The third kappa shape index (κ3) is 5.06. The first-order chi connectivity index (χ1) is 11.6. The molecule has 0 amide bonds. The van der Waals surface area contributed by atoms with Crippen LogP contribution < -0.4 is 10.2 Å². The second-order valence-electron chi connectivity index (χ2n) is 6.34. The Labute approximate surface area is 161 Å². The SMILES string of the molecule is CC(=NNC(=S)N1CC2CCC(CC2)C1)c1cccc[n+]1O.[Cl][Cu]. The zero-order chi connectivity index (χ0) is 17.5. The Morgan fingerprint density at radius 2 is 1.88 bits per heavy atom. The quantitative estimate of drug-likeness (QED) is 0.194. The molecule has 24 heavy (non-hydrogen) atoms. The number of fused-ring (bicyclic) bond motifs is 4. The predicted molar refractivity (Wildman–Crippen MR) is 94.6 cm³/mol. The molecule has 3 aliphatic rings. The normalized spacial score (nSPS) is 23.2. The van der Waals surface area contributed by atoms with E-state index in [1.54, 1.807) is 12.3 Å². The van der Waals surface area contributed by atoms with Crippen LogP contribution in [0.5, 0.6) is 0 Å². The first-order valence-corrected chi connectivity index (χ1v) is 9.75. The van der Waals surface area contributed by atoms with Crippen LogP contribution in [0.15, 0.2) is 29.5 Å². The summed E-state index contributed by atoms with van der Waals surface area (Å²) in [6.45, 7) is 3.94. The maximum atomic E-state index is 9.77. The van der Waals surface area contributed by atoms with Gasteiger partial charge in [0.2, 0.25) is 6.20 Å². The third-order valence-corrected chi connectivity index (χ3v) is 5.09. The molecule has 2 saturated heterocycles.